The monoisotopic (exact) mass is 275 g/mol. The second kappa shape index (κ2) is 6.62. The lowest BCUT2D eigenvalue weighted by Gasteiger charge is -2.15. The van der Waals surface area contributed by atoms with Crippen molar-refractivity contribution in [3.63, 3.8) is 0 Å². The number of hydrogen-bond acceptors (Lipinski definition) is 1. The third-order valence-corrected chi connectivity index (χ3v) is 3.36. The number of benzene rings is 2. The molecule has 0 heterocycles. The van der Waals surface area contributed by atoms with Gasteiger partial charge in [0.2, 0.25) is 0 Å². The number of rotatable bonds is 5. The first-order valence-electron chi connectivity index (χ1n) is 6.77. The largest absolute Gasteiger partial charge is 0.310 e. The van der Waals surface area contributed by atoms with E-state index in [0.717, 1.165) is 12.5 Å². The summed E-state index contributed by atoms with van der Waals surface area (Å²) in [6.45, 7) is 4.62. The Labute approximate surface area is 118 Å². The number of halogens is 2. The molecule has 0 aliphatic carbocycles. The van der Waals surface area contributed by atoms with E-state index in [9.17, 15) is 8.78 Å². The first-order chi connectivity index (χ1) is 9.54. The third-order valence-electron chi connectivity index (χ3n) is 3.36. The highest BCUT2D eigenvalue weighted by atomic mass is 19.1. The summed E-state index contributed by atoms with van der Waals surface area (Å²) in [5.41, 5.74) is 3.18. The maximum atomic E-state index is 13.1. The van der Waals surface area contributed by atoms with E-state index in [0.29, 0.717) is 12.1 Å². The van der Waals surface area contributed by atoms with Crippen molar-refractivity contribution in [3.8, 4) is 0 Å². The van der Waals surface area contributed by atoms with E-state index < -0.39 is 11.6 Å². The molecule has 1 nitrogen and oxygen atoms in total. The van der Waals surface area contributed by atoms with Crippen molar-refractivity contribution in [2.24, 2.45) is 0 Å². The van der Waals surface area contributed by atoms with Crippen LogP contribution in [0.4, 0.5) is 8.78 Å². The zero-order chi connectivity index (χ0) is 14.5. The van der Waals surface area contributed by atoms with Crippen LogP contribution in [0, 0.1) is 18.6 Å². The Morgan fingerprint density at radius 2 is 1.70 bits per heavy atom. The summed E-state index contributed by atoms with van der Waals surface area (Å²) >= 11 is 0. The number of hydrogen-bond donors (Lipinski definition) is 1. The molecule has 20 heavy (non-hydrogen) atoms. The maximum absolute atomic E-state index is 13.1. The van der Waals surface area contributed by atoms with Crippen LogP contribution in [0.5, 0.6) is 0 Å². The molecule has 0 spiro atoms. The summed E-state index contributed by atoms with van der Waals surface area (Å²) in [6, 6.07) is 12.1. The van der Waals surface area contributed by atoms with Crippen molar-refractivity contribution in [1.29, 1.82) is 0 Å². The molecule has 0 saturated carbocycles. The molecule has 0 aliphatic heterocycles. The van der Waals surface area contributed by atoms with E-state index in [4.69, 9.17) is 0 Å². The predicted octanol–water partition coefficient (Wildman–Crippen LogP) is 3.99. The van der Waals surface area contributed by atoms with Gasteiger partial charge in [0.1, 0.15) is 11.6 Å². The molecule has 1 N–H and O–H groups in total. The lowest BCUT2D eigenvalue weighted by atomic mass is 10.0. The first kappa shape index (κ1) is 14.7. The van der Waals surface area contributed by atoms with Crippen LogP contribution in [0.15, 0.2) is 42.5 Å². The highest BCUT2D eigenvalue weighted by Gasteiger charge is 2.06. The van der Waals surface area contributed by atoms with E-state index in [-0.39, 0.29) is 6.04 Å². The Balaban J connectivity index is 1.92. The normalized spacial score (nSPS) is 12.4. The molecule has 0 amide bonds. The van der Waals surface area contributed by atoms with Crippen molar-refractivity contribution >= 4 is 0 Å². The van der Waals surface area contributed by atoms with Crippen LogP contribution in [-0.2, 0) is 13.0 Å². The van der Waals surface area contributed by atoms with Gasteiger partial charge in [-0.2, -0.15) is 0 Å². The minimum absolute atomic E-state index is 0.238. The summed E-state index contributed by atoms with van der Waals surface area (Å²) in [4.78, 5) is 0. The molecule has 1 atom stereocenters. The second-order valence-electron chi connectivity index (χ2n) is 5.19. The fourth-order valence-electron chi connectivity index (χ4n) is 2.25. The van der Waals surface area contributed by atoms with Gasteiger partial charge in [0.25, 0.3) is 0 Å². The van der Waals surface area contributed by atoms with Gasteiger partial charge in [0.05, 0.1) is 0 Å². The lowest BCUT2D eigenvalue weighted by molar-refractivity contribution is 0.535. The quantitative estimate of drug-likeness (QED) is 0.870. The molecule has 106 valence electrons. The molecule has 2 aromatic carbocycles. The average Bonchev–Trinajstić information content (AvgIpc) is 2.38. The molecule has 3 heteroatoms. The van der Waals surface area contributed by atoms with Crippen LogP contribution in [0.3, 0.4) is 0 Å². The Hall–Kier alpha value is -1.74. The zero-order valence-corrected chi connectivity index (χ0v) is 11.8. The molecule has 0 saturated heterocycles. The van der Waals surface area contributed by atoms with Crippen LogP contribution in [0.25, 0.3) is 0 Å². The van der Waals surface area contributed by atoms with E-state index in [2.05, 4.69) is 31.3 Å². The molecule has 2 aromatic rings. The fourth-order valence-corrected chi connectivity index (χ4v) is 2.25. The zero-order valence-electron chi connectivity index (χ0n) is 11.8. The number of aryl methyl sites for hydroxylation is 1. The molecule has 0 fully saturated rings. The van der Waals surface area contributed by atoms with Gasteiger partial charge in [0.15, 0.2) is 0 Å². The van der Waals surface area contributed by atoms with Crippen molar-refractivity contribution in [2.75, 3.05) is 0 Å². The van der Waals surface area contributed by atoms with Gasteiger partial charge in [-0.3, -0.25) is 0 Å². The standard InChI is InChI=1S/C17H19F2N/c1-12-5-3-4-6-15(12)7-13(2)20-11-14-8-16(18)10-17(19)9-14/h3-6,8-10,13,20H,7,11H2,1-2H3. The van der Waals surface area contributed by atoms with Gasteiger partial charge < -0.3 is 5.32 Å². The molecule has 1 unspecified atom stereocenters. The van der Waals surface area contributed by atoms with Gasteiger partial charge in [-0.05, 0) is 49.1 Å². The first-order valence-corrected chi connectivity index (χ1v) is 6.77. The van der Waals surface area contributed by atoms with Crippen LogP contribution >= 0.6 is 0 Å². The Morgan fingerprint density at radius 1 is 1.05 bits per heavy atom. The number of nitrogens with one attached hydrogen (secondary N) is 1. The van der Waals surface area contributed by atoms with E-state index in [1.165, 1.54) is 23.3 Å². The van der Waals surface area contributed by atoms with Gasteiger partial charge in [-0.1, -0.05) is 24.3 Å². The smallest absolute Gasteiger partial charge is 0.126 e. The minimum atomic E-state index is -0.534. The minimum Gasteiger partial charge on any atom is -0.310 e. The maximum Gasteiger partial charge on any atom is 0.126 e. The summed E-state index contributed by atoms with van der Waals surface area (Å²) in [7, 11) is 0. The van der Waals surface area contributed by atoms with E-state index in [1.807, 2.05) is 12.1 Å². The third kappa shape index (κ3) is 4.14. The van der Waals surface area contributed by atoms with E-state index >= 15 is 0 Å². The molecule has 0 aliphatic rings. The van der Waals surface area contributed by atoms with Crippen molar-refractivity contribution in [1.82, 2.24) is 5.32 Å². The molecule has 0 radical (unpaired) electrons. The molecular formula is C17H19F2N. The highest BCUT2D eigenvalue weighted by Crippen LogP contribution is 2.11. The predicted molar refractivity (Wildman–Crippen MR) is 77.5 cm³/mol. The van der Waals surface area contributed by atoms with Gasteiger partial charge in [-0.25, -0.2) is 8.78 Å². The highest BCUT2D eigenvalue weighted by molar-refractivity contribution is 5.26. The Kier molecular flexibility index (Phi) is 4.85. The molecule has 2 rings (SSSR count). The SMILES string of the molecule is Cc1ccccc1CC(C)NCc1cc(F)cc(F)c1. The topological polar surface area (TPSA) is 12.0 Å². The molecular weight excluding hydrogens is 256 g/mol. The summed E-state index contributed by atoms with van der Waals surface area (Å²) in [5, 5.41) is 3.30. The van der Waals surface area contributed by atoms with Crippen LogP contribution in [-0.4, -0.2) is 6.04 Å². The van der Waals surface area contributed by atoms with E-state index in [1.54, 1.807) is 0 Å². The van der Waals surface area contributed by atoms with Crippen molar-refractivity contribution in [3.05, 3.63) is 70.8 Å². The van der Waals surface area contributed by atoms with Crippen LogP contribution < -0.4 is 5.32 Å². The van der Waals surface area contributed by atoms with Gasteiger partial charge in [-0.15, -0.1) is 0 Å². The van der Waals surface area contributed by atoms with Crippen molar-refractivity contribution < 1.29 is 8.78 Å². The molecule has 0 aromatic heterocycles. The molecule has 0 bridgehead atoms. The lowest BCUT2D eigenvalue weighted by Crippen LogP contribution is -2.27. The summed E-state index contributed by atoms with van der Waals surface area (Å²) in [6.07, 6.45) is 0.893. The van der Waals surface area contributed by atoms with Crippen LogP contribution in [0.1, 0.15) is 23.6 Å². The summed E-state index contributed by atoms with van der Waals surface area (Å²) < 4.78 is 26.2. The Bertz CT molecular complexity index is 561. The van der Waals surface area contributed by atoms with Crippen molar-refractivity contribution in [2.45, 2.75) is 32.9 Å². The van der Waals surface area contributed by atoms with Gasteiger partial charge in [0, 0.05) is 18.7 Å². The average molecular weight is 275 g/mol. The second-order valence-corrected chi connectivity index (χ2v) is 5.19. The van der Waals surface area contributed by atoms with Gasteiger partial charge >= 0.3 is 0 Å². The Morgan fingerprint density at radius 3 is 2.35 bits per heavy atom. The van der Waals surface area contributed by atoms with Crippen LogP contribution in [0.2, 0.25) is 0 Å². The fraction of sp³-hybridized carbons (Fsp3) is 0.294. The summed E-state index contributed by atoms with van der Waals surface area (Å²) in [5.74, 6) is -1.07.